The topological polar surface area (TPSA) is 49.9 Å². The van der Waals surface area contributed by atoms with Gasteiger partial charge in [-0.3, -0.25) is 9.59 Å². The predicted octanol–water partition coefficient (Wildman–Crippen LogP) is 3.10. The van der Waals surface area contributed by atoms with Crippen molar-refractivity contribution < 1.29 is 14.3 Å². The Morgan fingerprint density at radius 3 is 2.65 bits per heavy atom. The molecule has 0 radical (unpaired) electrons. The van der Waals surface area contributed by atoms with Crippen molar-refractivity contribution in [3.63, 3.8) is 0 Å². The van der Waals surface area contributed by atoms with E-state index in [1.54, 1.807) is 0 Å². The van der Waals surface area contributed by atoms with Crippen molar-refractivity contribution in [1.82, 2.24) is 9.80 Å². The van der Waals surface area contributed by atoms with Gasteiger partial charge < -0.3 is 14.5 Å². The first-order chi connectivity index (χ1) is 12.5. The van der Waals surface area contributed by atoms with Crippen LogP contribution in [0.1, 0.15) is 64.7 Å². The molecule has 2 heterocycles. The normalized spacial score (nSPS) is 33.5. The Hall–Kier alpha value is -1.52. The SMILES string of the molecule is CC1=C(C(=O)N(C)CC2CCCN2C(=O)C23CCC(CC2)C3)CCCO1. The summed E-state index contributed by atoms with van der Waals surface area (Å²) in [6.07, 6.45) is 9.51. The fourth-order valence-electron chi connectivity index (χ4n) is 5.71. The van der Waals surface area contributed by atoms with Crippen LogP contribution in [0.4, 0.5) is 0 Å². The van der Waals surface area contributed by atoms with Gasteiger partial charge in [-0.1, -0.05) is 0 Å². The third-order valence-corrected chi connectivity index (χ3v) is 7.24. The summed E-state index contributed by atoms with van der Waals surface area (Å²) in [5.74, 6) is 2.01. The number of likely N-dealkylation sites (tertiary alicyclic amines) is 1. The molecule has 5 nitrogen and oxygen atoms in total. The van der Waals surface area contributed by atoms with Crippen LogP contribution in [-0.4, -0.2) is 54.4 Å². The summed E-state index contributed by atoms with van der Waals surface area (Å²) < 4.78 is 5.56. The quantitative estimate of drug-likeness (QED) is 0.774. The van der Waals surface area contributed by atoms with Gasteiger partial charge in [-0.2, -0.15) is 0 Å². The predicted molar refractivity (Wildman–Crippen MR) is 99.3 cm³/mol. The molecule has 0 spiro atoms. The molecule has 0 aromatic carbocycles. The van der Waals surface area contributed by atoms with Gasteiger partial charge in [-0.25, -0.2) is 0 Å². The number of carbonyl (C=O) groups excluding carboxylic acids is 2. The molecule has 4 aliphatic rings. The van der Waals surface area contributed by atoms with Gasteiger partial charge in [0.2, 0.25) is 5.91 Å². The second-order valence-corrected chi connectivity index (χ2v) is 8.89. The van der Waals surface area contributed by atoms with E-state index >= 15 is 0 Å². The smallest absolute Gasteiger partial charge is 0.252 e. The Morgan fingerprint density at radius 1 is 1.23 bits per heavy atom. The summed E-state index contributed by atoms with van der Waals surface area (Å²) in [7, 11) is 1.87. The molecule has 1 atom stereocenters. The molecule has 1 unspecified atom stereocenters. The van der Waals surface area contributed by atoms with Gasteiger partial charge in [-0.05, 0) is 70.6 Å². The molecule has 26 heavy (non-hydrogen) atoms. The van der Waals surface area contributed by atoms with Gasteiger partial charge in [0, 0.05) is 31.6 Å². The molecule has 1 saturated heterocycles. The Balaban J connectivity index is 1.42. The minimum atomic E-state index is -0.0633. The Kier molecular flexibility index (Phi) is 4.74. The molecule has 2 saturated carbocycles. The zero-order chi connectivity index (χ0) is 18.3. The zero-order valence-electron chi connectivity index (χ0n) is 16.3. The Labute approximate surface area is 156 Å². The largest absolute Gasteiger partial charge is 0.498 e. The highest BCUT2D eigenvalue weighted by molar-refractivity contribution is 5.94. The number of hydrogen-bond donors (Lipinski definition) is 0. The van der Waals surface area contributed by atoms with Crippen LogP contribution in [-0.2, 0) is 14.3 Å². The Bertz CT molecular complexity index is 619. The molecule has 2 aliphatic heterocycles. The van der Waals surface area contributed by atoms with Gasteiger partial charge >= 0.3 is 0 Å². The maximum atomic E-state index is 13.3. The van der Waals surface area contributed by atoms with Crippen molar-refractivity contribution in [2.24, 2.45) is 11.3 Å². The van der Waals surface area contributed by atoms with Crippen LogP contribution in [0.3, 0.4) is 0 Å². The lowest BCUT2D eigenvalue weighted by Gasteiger charge is -2.36. The molecule has 2 amide bonds. The highest BCUT2D eigenvalue weighted by Gasteiger charge is 2.52. The van der Waals surface area contributed by atoms with Crippen LogP contribution in [0.25, 0.3) is 0 Å². The number of carbonyl (C=O) groups is 2. The number of amides is 2. The third-order valence-electron chi connectivity index (χ3n) is 7.24. The molecule has 2 bridgehead atoms. The minimum absolute atomic E-state index is 0.0633. The number of likely N-dealkylation sites (N-methyl/N-ethyl adjacent to an activating group) is 1. The highest BCUT2D eigenvalue weighted by atomic mass is 16.5. The van der Waals surface area contributed by atoms with Crippen molar-refractivity contribution in [3.05, 3.63) is 11.3 Å². The second-order valence-electron chi connectivity index (χ2n) is 8.89. The lowest BCUT2D eigenvalue weighted by atomic mass is 9.82. The molecule has 0 aromatic rings. The van der Waals surface area contributed by atoms with E-state index in [2.05, 4.69) is 4.90 Å². The summed E-state index contributed by atoms with van der Waals surface area (Å²) >= 11 is 0. The summed E-state index contributed by atoms with van der Waals surface area (Å²) in [6, 6.07) is 0.177. The van der Waals surface area contributed by atoms with Crippen molar-refractivity contribution in [2.75, 3.05) is 26.7 Å². The van der Waals surface area contributed by atoms with Crippen LogP contribution >= 0.6 is 0 Å². The first kappa shape index (κ1) is 17.9. The number of ether oxygens (including phenoxy) is 1. The standard InChI is InChI=1S/C21H32N2O3/c1-15-18(6-4-12-26-15)19(24)22(2)14-17-5-3-11-23(17)20(25)21-9-7-16(13-21)8-10-21/h16-17H,3-14H2,1-2H3. The number of allylic oxidation sites excluding steroid dienone is 1. The minimum Gasteiger partial charge on any atom is -0.498 e. The zero-order valence-corrected chi connectivity index (χ0v) is 16.3. The fourth-order valence-corrected chi connectivity index (χ4v) is 5.71. The first-order valence-electron chi connectivity index (χ1n) is 10.4. The molecule has 144 valence electrons. The molecule has 0 N–H and O–H groups in total. The van der Waals surface area contributed by atoms with Gasteiger partial charge in [0.05, 0.1) is 12.2 Å². The van der Waals surface area contributed by atoms with Crippen LogP contribution in [0.2, 0.25) is 0 Å². The van der Waals surface area contributed by atoms with Gasteiger partial charge in [0.15, 0.2) is 0 Å². The monoisotopic (exact) mass is 360 g/mol. The van der Waals surface area contributed by atoms with Crippen LogP contribution in [0.5, 0.6) is 0 Å². The van der Waals surface area contributed by atoms with Crippen LogP contribution in [0.15, 0.2) is 11.3 Å². The van der Waals surface area contributed by atoms with E-state index < -0.39 is 0 Å². The number of hydrogen-bond acceptors (Lipinski definition) is 3. The maximum Gasteiger partial charge on any atom is 0.252 e. The molecule has 3 fully saturated rings. The third kappa shape index (κ3) is 3.03. The average molecular weight is 360 g/mol. The van der Waals surface area contributed by atoms with E-state index in [4.69, 9.17) is 4.74 Å². The van der Waals surface area contributed by atoms with Crippen molar-refractivity contribution in [3.8, 4) is 0 Å². The summed E-state index contributed by atoms with van der Waals surface area (Å²) in [5.41, 5.74) is 0.745. The van der Waals surface area contributed by atoms with Crippen molar-refractivity contribution >= 4 is 11.8 Å². The summed E-state index contributed by atoms with van der Waals surface area (Å²) in [5, 5.41) is 0. The van der Waals surface area contributed by atoms with Gasteiger partial charge in [0.1, 0.15) is 5.76 Å². The van der Waals surface area contributed by atoms with E-state index in [9.17, 15) is 9.59 Å². The van der Waals surface area contributed by atoms with E-state index in [-0.39, 0.29) is 17.4 Å². The van der Waals surface area contributed by atoms with Crippen molar-refractivity contribution in [1.29, 1.82) is 0 Å². The van der Waals surface area contributed by atoms with E-state index in [0.717, 1.165) is 68.7 Å². The molecule has 4 rings (SSSR count). The first-order valence-corrected chi connectivity index (χ1v) is 10.4. The van der Waals surface area contributed by atoms with Crippen LogP contribution < -0.4 is 0 Å². The van der Waals surface area contributed by atoms with E-state index in [1.165, 1.54) is 12.8 Å². The molecule has 5 heteroatoms. The van der Waals surface area contributed by atoms with E-state index in [0.29, 0.717) is 19.1 Å². The Morgan fingerprint density at radius 2 is 2.00 bits per heavy atom. The van der Waals surface area contributed by atoms with E-state index in [1.807, 2.05) is 18.9 Å². The number of rotatable bonds is 4. The summed E-state index contributed by atoms with van der Waals surface area (Å²) in [6.45, 7) is 4.10. The fraction of sp³-hybridized carbons (Fsp3) is 0.810. The lowest BCUT2D eigenvalue weighted by Crippen LogP contribution is -2.49. The molecule has 0 aromatic heterocycles. The molecular formula is C21H32N2O3. The second kappa shape index (κ2) is 6.90. The van der Waals surface area contributed by atoms with Crippen LogP contribution in [0, 0.1) is 11.3 Å². The number of fused-ring (bicyclic) bond motifs is 2. The van der Waals surface area contributed by atoms with Gasteiger partial charge in [-0.15, -0.1) is 0 Å². The van der Waals surface area contributed by atoms with Crippen molar-refractivity contribution in [2.45, 2.75) is 70.8 Å². The summed E-state index contributed by atoms with van der Waals surface area (Å²) in [4.78, 5) is 30.1. The average Bonchev–Trinajstić information content (AvgIpc) is 3.37. The number of nitrogens with zero attached hydrogens (tertiary/aromatic N) is 2. The van der Waals surface area contributed by atoms with Gasteiger partial charge in [0.25, 0.3) is 5.91 Å². The highest BCUT2D eigenvalue weighted by Crippen LogP contribution is 2.55. The maximum absolute atomic E-state index is 13.3. The molecule has 2 aliphatic carbocycles. The molecular weight excluding hydrogens is 328 g/mol. The lowest BCUT2D eigenvalue weighted by molar-refractivity contribution is -0.143.